The lowest BCUT2D eigenvalue weighted by Crippen LogP contribution is -2.23. The number of esters is 1. The second kappa shape index (κ2) is 8.05. The van der Waals surface area contributed by atoms with Crippen molar-refractivity contribution in [1.82, 2.24) is 9.55 Å². The van der Waals surface area contributed by atoms with Gasteiger partial charge in [-0.2, -0.15) is 0 Å². The molecule has 0 amide bonds. The van der Waals surface area contributed by atoms with Gasteiger partial charge in [-0.1, -0.05) is 24.3 Å². The molecular weight excluding hydrogens is 350 g/mol. The Kier molecular flexibility index (Phi) is 5.36. The van der Waals surface area contributed by atoms with Gasteiger partial charge in [0.1, 0.15) is 6.61 Å². The molecule has 1 aromatic heterocycles. The molecule has 1 heterocycles. The summed E-state index contributed by atoms with van der Waals surface area (Å²) < 4.78 is 6.44. The van der Waals surface area contributed by atoms with E-state index in [4.69, 9.17) is 4.74 Å². The molecular formula is C19H15N3O5. The van der Waals surface area contributed by atoms with Crippen molar-refractivity contribution in [2.75, 3.05) is 6.61 Å². The number of nitro groups is 1. The molecule has 2 aromatic carbocycles. The first-order chi connectivity index (χ1) is 13.0. The Bertz CT molecular complexity index is 1090. The summed E-state index contributed by atoms with van der Waals surface area (Å²) in [6.45, 7) is 0.172. The van der Waals surface area contributed by atoms with Crippen molar-refractivity contribution in [2.24, 2.45) is 0 Å². The summed E-state index contributed by atoms with van der Waals surface area (Å²) in [5.41, 5.74) is 0.851. The highest BCUT2D eigenvalue weighted by Gasteiger charge is 2.06. The molecule has 0 radical (unpaired) electrons. The predicted octanol–water partition coefficient (Wildman–Crippen LogP) is 2.56. The number of non-ortho nitro benzene ring substituents is 1. The van der Waals surface area contributed by atoms with Crippen LogP contribution in [0, 0.1) is 10.1 Å². The zero-order valence-electron chi connectivity index (χ0n) is 14.1. The van der Waals surface area contributed by atoms with Crippen LogP contribution < -0.4 is 5.56 Å². The SMILES string of the molecule is O=C(/C=C/c1cccc([N+](=O)[O-])c1)OCCn1cnc2ccccc2c1=O. The number of benzene rings is 2. The van der Waals surface area contributed by atoms with E-state index in [0.717, 1.165) is 0 Å². The van der Waals surface area contributed by atoms with E-state index in [1.807, 2.05) is 0 Å². The van der Waals surface area contributed by atoms with Crippen molar-refractivity contribution >= 4 is 28.6 Å². The molecule has 3 aromatic rings. The molecule has 3 rings (SSSR count). The van der Waals surface area contributed by atoms with Crippen molar-refractivity contribution < 1.29 is 14.5 Å². The normalized spacial score (nSPS) is 11.0. The average molecular weight is 365 g/mol. The predicted molar refractivity (Wildman–Crippen MR) is 99.1 cm³/mol. The third-order valence-corrected chi connectivity index (χ3v) is 3.80. The topological polar surface area (TPSA) is 104 Å². The first-order valence-corrected chi connectivity index (χ1v) is 8.08. The Morgan fingerprint density at radius 1 is 1.22 bits per heavy atom. The molecule has 0 aliphatic heterocycles. The molecule has 0 unspecified atom stereocenters. The smallest absolute Gasteiger partial charge is 0.330 e. The van der Waals surface area contributed by atoms with Crippen LogP contribution in [0.1, 0.15) is 5.56 Å². The number of hydrogen-bond donors (Lipinski definition) is 0. The van der Waals surface area contributed by atoms with Gasteiger partial charge in [-0.25, -0.2) is 9.78 Å². The molecule has 0 N–H and O–H groups in total. The summed E-state index contributed by atoms with van der Waals surface area (Å²) in [5.74, 6) is -0.608. The molecule has 0 saturated carbocycles. The third-order valence-electron chi connectivity index (χ3n) is 3.80. The molecule has 0 atom stereocenters. The Labute approximate surface area is 153 Å². The molecule has 27 heavy (non-hydrogen) atoms. The molecule has 0 aliphatic rings. The number of fused-ring (bicyclic) bond motifs is 1. The van der Waals surface area contributed by atoms with Crippen LogP contribution in [0.15, 0.2) is 65.7 Å². The van der Waals surface area contributed by atoms with Crippen molar-refractivity contribution in [2.45, 2.75) is 6.54 Å². The minimum atomic E-state index is -0.608. The molecule has 0 aliphatic carbocycles. The van der Waals surface area contributed by atoms with Crippen LogP contribution >= 0.6 is 0 Å². The zero-order valence-corrected chi connectivity index (χ0v) is 14.1. The standard InChI is InChI=1S/C19H15N3O5/c23-18(9-8-14-4-3-5-15(12-14)22(25)26)27-11-10-21-13-20-17-7-2-1-6-16(17)19(21)24/h1-9,12-13H,10-11H2/b9-8+. The number of rotatable bonds is 6. The Morgan fingerprint density at radius 2 is 2.04 bits per heavy atom. The number of aromatic nitrogens is 2. The van der Waals surface area contributed by atoms with Crippen molar-refractivity contribution in [3.05, 3.63) is 87.0 Å². The minimum absolute atomic E-state index is 0.00195. The maximum atomic E-state index is 12.3. The number of ether oxygens (including phenoxy) is 1. The van der Waals surface area contributed by atoms with Gasteiger partial charge in [0.2, 0.25) is 0 Å². The zero-order chi connectivity index (χ0) is 19.2. The molecule has 0 bridgehead atoms. The van der Waals surface area contributed by atoms with Gasteiger partial charge in [-0.3, -0.25) is 19.5 Å². The molecule has 0 saturated heterocycles. The van der Waals surface area contributed by atoms with Gasteiger partial charge in [-0.15, -0.1) is 0 Å². The second-order valence-electron chi connectivity index (χ2n) is 5.61. The van der Waals surface area contributed by atoms with Gasteiger partial charge in [-0.05, 0) is 23.8 Å². The van der Waals surface area contributed by atoms with Crippen LogP contribution in [0.25, 0.3) is 17.0 Å². The fourth-order valence-electron chi connectivity index (χ4n) is 2.46. The Morgan fingerprint density at radius 3 is 2.85 bits per heavy atom. The minimum Gasteiger partial charge on any atom is -0.461 e. The van der Waals surface area contributed by atoms with Crippen LogP contribution in [0.2, 0.25) is 0 Å². The van der Waals surface area contributed by atoms with Crippen LogP contribution in [-0.4, -0.2) is 27.1 Å². The Balaban J connectivity index is 1.58. The van der Waals surface area contributed by atoms with Crippen LogP contribution in [-0.2, 0) is 16.1 Å². The summed E-state index contributed by atoms with van der Waals surface area (Å²) in [6, 6.07) is 12.9. The fourth-order valence-corrected chi connectivity index (χ4v) is 2.46. The van der Waals surface area contributed by atoms with E-state index in [-0.39, 0.29) is 24.4 Å². The summed E-state index contributed by atoms with van der Waals surface area (Å²) in [7, 11) is 0. The molecule has 8 nitrogen and oxygen atoms in total. The number of hydrogen-bond acceptors (Lipinski definition) is 6. The summed E-state index contributed by atoms with van der Waals surface area (Å²) in [4.78, 5) is 38.5. The lowest BCUT2D eigenvalue weighted by Gasteiger charge is -2.06. The summed E-state index contributed by atoms with van der Waals surface area (Å²) in [6.07, 6.45) is 4.02. The van der Waals surface area contributed by atoms with E-state index < -0.39 is 10.9 Å². The maximum Gasteiger partial charge on any atom is 0.330 e. The highest BCUT2D eigenvalue weighted by molar-refractivity contribution is 5.87. The van der Waals surface area contributed by atoms with Crippen LogP contribution in [0.3, 0.4) is 0 Å². The number of carbonyl (C=O) groups excluding carboxylic acids is 1. The van der Waals surface area contributed by atoms with E-state index >= 15 is 0 Å². The summed E-state index contributed by atoms with van der Waals surface area (Å²) in [5, 5.41) is 11.2. The van der Waals surface area contributed by atoms with E-state index in [9.17, 15) is 19.7 Å². The van der Waals surface area contributed by atoms with Gasteiger partial charge in [0.05, 0.1) is 28.7 Å². The highest BCUT2D eigenvalue weighted by Crippen LogP contribution is 2.14. The molecule has 8 heteroatoms. The second-order valence-corrected chi connectivity index (χ2v) is 5.61. The monoisotopic (exact) mass is 365 g/mol. The van der Waals surface area contributed by atoms with Crippen molar-refractivity contribution in [3.8, 4) is 0 Å². The van der Waals surface area contributed by atoms with Gasteiger partial charge in [0, 0.05) is 18.2 Å². The van der Waals surface area contributed by atoms with Crippen LogP contribution in [0.5, 0.6) is 0 Å². The first kappa shape index (κ1) is 18.0. The fraction of sp³-hybridized carbons (Fsp3) is 0.105. The molecule has 0 fully saturated rings. The lowest BCUT2D eigenvalue weighted by molar-refractivity contribution is -0.384. The van der Waals surface area contributed by atoms with E-state index in [1.54, 1.807) is 30.3 Å². The van der Waals surface area contributed by atoms with Gasteiger partial charge < -0.3 is 4.74 Å². The number of nitrogens with zero attached hydrogens (tertiary/aromatic N) is 3. The number of carbonyl (C=O) groups is 1. The lowest BCUT2D eigenvalue weighted by atomic mass is 10.2. The third kappa shape index (κ3) is 4.43. The molecule has 0 spiro atoms. The van der Waals surface area contributed by atoms with Gasteiger partial charge in [0.25, 0.3) is 11.2 Å². The maximum absolute atomic E-state index is 12.3. The Hall–Kier alpha value is -3.81. The average Bonchev–Trinajstić information content (AvgIpc) is 2.68. The quantitative estimate of drug-likeness (QED) is 0.288. The first-order valence-electron chi connectivity index (χ1n) is 8.08. The van der Waals surface area contributed by atoms with Crippen molar-refractivity contribution in [1.29, 1.82) is 0 Å². The largest absolute Gasteiger partial charge is 0.461 e. The van der Waals surface area contributed by atoms with E-state index in [0.29, 0.717) is 16.5 Å². The molecule has 136 valence electrons. The highest BCUT2D eigenvalue weighted by atomic mass is 16.6. The number of nitro benzene ring substituents is 1. The van der Waals surface area contributed by atoms with Crippen LogP contribution in [0.4, 0.5) is 5.69 Å². The van der Waals surface area contributed by atoms with E-state index in [1.165, 1.54) is 41.2 Å². The summed E-state index contributed by atoms with van der Waals surface area (Å²) >= 11 is 0. The van der Waals surface area contributed by atoms with E-state index in [2.05, 4.69) is 4.98 Å². The number of para-hydroxylation sites is 1. The van der Waals surface area contributed by atoms with Gasteiger partial charge >= 0.3 is 5.97 Å². The van der Waals surface area contributed by atoms with Crippen molar-refractivity contribution in [3.63, 3.8) is 0 Å². The van der Waals surface area contributed by atoms with Gasteiger partial charge in [0.15, 0.2) is 0 Å².